The Morgan fingerprint density at radius 2 is 1.71 bits per heavy atom. The average molecular weight is 184 g/mol. The summed E-state index contributed by atoms with van der Waals surface area (Å²) >= 11 is 0. The van der Waals surface area contributed by atoms with Crippen molar-refractivity contribution in [2.24, 2.45) is 0 Å². The first kappa shape index (κ1) is 10.5. The first-order valence-electron chi connectivity index (χ1n) is 4.89. The quantitative estimate of drug-likeness (QED) is 0.617. The summed E-state index contributed by atoms with van der Waals surface area (Å²) in [5.41, 5.74) is 2.47. The van der Waals surface area contributed by atoms with Gasteiger partial charge in [0.25, 0.3) is 0 Å². The van der Waals surface area contributed by atoms with Crippen molar-refractivity contribution in [3.63, 3.8) is 0 Å². The van der Waals surface area contributed by atoms with Crippen LogP contribution in [0.1, 0.15) is 19.4 Å². The molecular weight excluding hydrogens is 168 g/mol. The Morgan fingerprint density at radius 3 is 2.29 bits per heavy atom. The van der Waals surface area contributed by atoms with Gasteiger partial charge in [-0.15, -0.1) is 0 Å². The Bertz CT molecular complexity index is 340. The van der Waals surface area contributed by atoms with Crippen LogP contribution in [-0.2, 0) is 0 Å². The van der Waals surface area contributed by atoms with Gasteiger partial charge in [-0.2, -0.15) is 0 Å². The lowest BCUT2D eigenvalue weighted by Crippen LogP contribution is -1.71. The van der Waals surface area contributed by atoms with Gasteiger partial charge >= 0.3 is 0 Å². The van der Waals surface area contributed by atoms with Gasteiger partial charge in [0.15, 0.2) is 0 Å². The van der Waals surface area contributed by atoms with Crippen LogP contribution in [0.3, 0.4) is 0 Å². The van der Waals surface area contributed by atoms with E-state index in [4.69, 9.17) is 0 Å². The van der Waals surface area contributed by atoms with Crippen molar-refractivity contribution in [1.82, 2.24) is 0 Å². The molecule has 0 fully saturated rings. The van der Waals surface area contributed by atoms with E-state index in [1.54, 1.807) is 0 Å². The van der Waals surface area contributed by atoms with E-state index in [2.05, 4.69) is 36.4 Å². The molecule has 14 heavy (non-hydrogen) atoms. The van der Waals surface area contributed by atoms with Crippen molar-refractivity contribution in [2.75, 3.05) is 0 Å². The average Bonchev–Trinajstić information content (AvgIpc) is 2.25. The molecule has 0 unspecified atom stereocenters. The van der Waals surface area contributed by atoms with E-state index in [-0.39, 0.29) is 0 Å². The van der Waals surface area contributed by atoms with Crippen molar-refractivity contribution in [2.45, 2.75) is 13.8 Å². The summed E-state index contributed by atoms with van der Waals surface area (Å²) < 4.78 is 0. The summed E-state index contributed by atoms with van der Waals surface area (Å²) in [7, 11) is 0. The second-order valence-electron chi connectivity index (χ2n) is 3.03. The van der Waals surface area contributed by atoms with Crippen LogP contribution in [0.5, 0.6) is 0 Å². The smallest absolute Gasteiger partial charge is 0.0256 e. The lowest BCUT2D eigenvalue weighted by molar-refractivity contribution is 1.57. The predicted octanol–water partition coefficient (Wildman–Crippen LogP) is 4.22. The third-order valence-electron chi connectivity index (χ3n) is 1.96. The van der Waals surface area contributed by atoms with Crippen LogP contribution < -0.4 is 0 Å². The standard InChI is InChI=1S/C14H16/c1-3-8-13(4-2)11-12-14-9-6-5-7-10-14/h3-12H,1-2H3/b8-3-,12-11-,13-4+. The summed E-state index contributed by atoms with van der Waals surface area (Å²) in [5.74, 6) is 0. The first-order valence-corrected chi connectivity index (χ1v) is 4.89. The van der Waals surface area contributed by atoms with Gasteiger partial charge in [0, 0.05) is 0 Å². The van der Waals surface area contributed by atoms with Gasteiger partial charge in [0.2, 0.25) is 0 Å². The largest absolute Gasteiger partial charge is 0.0871 e. The first-order chi connectivity index (χ1) is 6.86. The predicted molar refractivity (Wildman–Crippen MR) is 64.0 cm³/mol. The molecule has 0 saturated carbocycles. The Kier molecular flexibility index (Phi) is 4.49. The summed E-state index contributed by atoms with van der Waals surface area (Å²) in [6.07, 6.45) is 10.5. The highest BCUT2D eigenvalue weighted by atomic mass is 13.9. The van der Waals surface area contributed by atoms with Gasteiger partial charge in [-0.3, -0.25) is 0 Å². The van der Waals surface area contributed by atoms with E-state index in [1.807, 2.05) is 38.1 Å². The van der Waals surface area contributed by atoms with Crippen LogP contribution in [0.25, 0.3) is 6.08 Å². The molecule has 0 bridgehead atoms. The molecule has 0 amide bonds. The number of hydrogen-bond donors (Lipinski definition) is 0. The second kappa shape index (κ2) is 5.98. The third-order valence-corrected chi connectivity index (χ3v) is 1.96. The zero-order chi connectivity index (χ0) is 10.2. The third kappa shape index (κ3) is 3.44. The number of rotatable bonds is 3. The van der Waals surface area contributed by atoms with E-state index in [1.165, 1.54) is 11.1 Å². The molecule has 0 spiro atoms. The second-order valence-corrected chi connectivity index (χ2v) is 3.03. The Labute approximate surface area is 86.3 Å². The van der Waals surface area contributed by atoms with Gasteiger partial charge in [-0.1, -0.05) is 60.7 Å². The molecule has 0 N–H and O–H groups in total. The molecule has 0 atom stereocenters. The van der Waals surface area contributed by atoms with Gasteiger partial charge in [-0.05, 0) is 25.0 Å². The minimum atomic E-state index is 1.23. The van der Waals surface area contributed by atoms with Gasteiger partial charge in [0.05, 0.1) is 0 Å². The van der Waals surface area contributed by atoms with Crippen molar-refractivity contribution >= 4 is 6.08 Å². The monoisotopic (exact) mass is 184 g/mol. The van der Waals surface area contributed by atoms with Crippen LogP contribution >= 0.6 is 0 Å². The summed E-state index contributed by atoms with van der Waals surface area (Å²) in [5, 5.41) is 0. The zero-order valence-corrected chi connectivity index (χ0v) is 8.77. The SMILES string of the molecule is C\C=C/C(/C=C\c1ccccc1)=C\C. The van der Waals surface area contributed by atoms with E-state index < -0.39 is 0 Å². The normalized spacial score (nSPS) is 12.9. The zero-order valence-electron chi connectivity index (χ0n) is 8.77. The minimum Gasteiger partial charge on any atom is -0.0871 e. The lowest BCUT2D eigenvalue weighted by atomic mass is 10.1. The fourth-order valence-corrected chi connectivity index (χ4v) is 1.20. The fourth-order valence-electron chi connectivity index (χ4n) is 1.20. The molecular formula is C14H16. The number of allylic oxidation sites excluding steroid dienone is 5. The number of benzene rings is 1. The maximum Gasteiger partial charge on any atom is -0.0256 e. The Hall–Kier alpha value is -1.56. The molecule has 1 aromatic carbocycles. The van der Waals surface area contributed by atoms with Gasteiger partial charge in [-0.25, -0.2) is 0 Å². The Balaban J connectivity index is 2.73. The molecule has 1 rings (SSSR count). The minimum absolute atomic E-state index is 1.23. The molecule has 0 aliphatic carbocycles. The molecule has 0 heterocycles. The molecule has 0 aliphatic heterocycles. The van der Waals surface area contributed by atoms with Gasteiger partial charge in [0.1, 0.15) is 0 Å². The summed E-state index contributed by atoms with van der Waals surface area (Å²) in [6.45, 7) is 4.07. The van der Waals surface area contributed by atoms with Crippen LogP contribution in [-0.4, -0.2) is 0 Å². The molecule has 0 nitrogen and oxygen atoms in total. The highest BCUT2D eigenvalue weighted by molar-refractivity contribution is 5.54. The molecule has 0 aliphatic rings. The molecule has 0 heteroatoms. The molecule has 0 aromatic heterocycles. The summed E-state index contributed by atoms with van der Waals surface area (Å²) in [6, 6.07) is 10.3. The van der Waals surface area contributed by atoms with E-state index >= 15 is 0 Å². The maximum atomic E-state index is 2.12. The summed E-state index contributed by atoms with van der Waals surface area (Å²) in [4.78, 5) is 0. The highest BCUT2D eigenvalue weighted by Crippen LogP contribution is 2.05. The van der Waals surface area contributed by atoms with E-state index in [9.17, 15) is 0 Å². The molecule has 0 radical (unpaired) electrons. The highest BCUT2D eigenvalue weighted by Gasteiger charge is 1.84. The van der Waals surface area contributed by atoms with Crippen molar-refractivity contribution in [1.29, 1.82) is 0 Å². The van der Waals surface area contributed by atoms with Crippen molar-refractivity contribution < 1.29 is 0 Å². The van der Waals surface area contributed by atoms with Gasteiger partial charge < -0.3 is 0 Å². The topological polar surface area (TPSA) is 0 Å². The van der Waals surface area contributed by atoms with Crippen LogP contribution in [0.4, 0.5) is 0 Å². The number of hydrogen-bond acceptors (Lipinski definition) is 0. The van der Waals surface area contributed by atoms with Crippen molar-refractivity contribution in [3.05, 3.63) is 65.8 Å². The van der Waals surface area contributed by atoms with Crippen LogP contribution in [0, 0.1) is 0 Å². The van der Waals surface area contributed by atoms with E-state index in [0.29, 0.717) is 0 Å². The maximum absolute atomic E-state index is 2.12. The van der Waals surface area contributed by atoms with E-state index in [0.717, 1.165) is 0 Å². The molecule has 0 saturated heterocycles. The van der Waals surface area contributed by atoms with Crippen LogP contribution in [0.2, 0.25) is 0 Å². The van der Waals surface area contributed by atoms with Crippen molar-refractivity contribution in [3.8, 4) is 0 Å². The Morgan fingerprint density at radius 1 is 1.00 bits per heavy atom. The fraction of sp³-hybridized carbons (Fsp3) is 0.143. The lowest BCUT2D eigenvalue weighted by Gasteiger charge is -1.93. The molecule has 1 aromatic rings. The molecule has 72 valence electrons. The van der Waals surface area contributed by atoms with Crippen LogP contribution in [0.15, 0.2) is 60.2 Å².